The number of methoxy groups -OCH3 is 1. The van der Waals surface area contributed by atoms with Crippen LogP contribution in [0, 0.1) is 0 Å². The molecule has 1 atom stereocenters. The number of fused-ring (bicyclic) bond motifs is 1. The van der Waals surface area contributed by atoms with E-state index < -0.39 is 0 Å². The Kier molecular flexibility index (Phi) is 6.07. The summed E-state index contributed by atoms with van der Waals surface area (Å²) in [6.07, 6.45) is 6.04. The lowest BCUT2D eigenvalue weighted by atomic mass is 9.99. The maximum absolute atomic E-state index is 4.91. The molecule has 0 spiro atoms. The minimum absolute atomic E-state index is 0.768. The van der Waals surface area contributed by atoms with Crippen LogP contribution in [0.2, 0.25) is 0 Å². The molecule has 24 heavy (non-hydrogen) atoms. The summed E-state index contributed by atoms with van der Waals surface area (Å²) in [7, 11) is 1.66. The number of anilines is 1. The van der Waals surface area contributed by atoms with Crippen molar-refractivity contribution in [1.82, 2.24) is 9.88 Å². The van der Waals surface area contributed by atoms with Gasteiger partial charge in [0.25, 0.3) is 0 Å². The quantitative estimate of drug-likeness (QED) is 0.845. The molecule has 0 amide bonds. The molecular formula is C20H27N3O. The van der Waals surface area contributed by atoms with Crippen LogP contribution >= 0.6 is 0 Å². The number of hydrogen-bond acceptors (Lipinski definition) is 4. The van der Waals surface area contributed by atoms with Crippen molar-refractivity contribution in [2.75, 3.05) is 38.2 Å². The number of aromatic nitrogens is 1. The smallest absolute Gasteiger partial charge is 0.128 e. The van der Waals surface area contributed by atoms with E-state index >= 15 is 0 Å². The number of piperazine rings is 1. The number of rotatable bonds is 2. The molecule has 2 fully saturated rings. The van der Waals surface area contributed by atoms with Gasteiger partial charge >= 0.3 is 0 Å². The Morgan fingerprint density at radius 1 is 0.958 bits per heavy atom. The van der Waals surface area contributed by atoms with Gasteiger partial charge in [0.2, 0.25) is 0 Å². The van der Waals surface area contributed by atoms with Gasteiger partial charge in [-0.1, -0.05) is 30.7 Å². The summed E-state index contributed by atoms with van der Waals surface area (Å²) >= 11 is 0. The third kappa shape index (κ3) is 4.48. The van der Waals surface area contributed by atoms with Crippen LogP contribution in [0.15, 0.2) is 54.7 Å². The molecule has 0 bridgehead atoms. The van der Waals surface area contributed by atoms with Gasteiger partial charge in [-0.3, -0.25) is 4.90 Å². The second-order valence-corrected chi connectivity index (χ2v) is 6.34. The molecule has 2 aliphatic rings. The first-order chi connectivity index (χ1) is 11.9. The van der Waals surface area contributed by atoms with Crippen LogP contribution < -0.4 is 9.64 Å². The fourth-order valence-corrected chi connectivity index (χ4v) is 3.46. The Bertz CT molecular complexity index is 590. The third-order valence-corrected chi connectivity index (χ3v) is 4.79. The molecule has 4 heteroatoms. The van der Waals surface area contributed by atoms with Gasteiger partial charge in [0.1, 0.15) is 11.6 Å². The fourth-order valence-electron chi connectivity index (χ4n) is 3.46. The molecule has 128 valence electrons. The first-order valence-electron chi connectivity index (χ1n) is 8.86. The van der Waals surface area contributed by atoms with Gasteiger partial charge in [-0.05, 0) is 43.7 Å². The molecular weight excluding hydrogens is 298 g/mol. The minimum atomic E-state index is 0.768. The SMILES string of the molecule is COc1ccccc1.c1ccc(N2CCN3CCCCC3C2)nc1. The summed E-state index contributed by atoms with van der Waals surface area (Å²) < 4.78 is 4.91. The average molecular weight is 325 g/mol. The van der Waals surface area contributed by atoms with E-state index in [1.165, 1.54) is 32.4 Å². The Morgan fingerprint density at radius 2 is 1.79 bits per heavy atom. The highest BCUT2D eigenvalue weighted by molar-refractivity contribution is 5.38. The van der Waals surface area contributed by atoms with Crippen molar-refractivity contribution in [1.29, 1.82) is 0 Å². The number of nitrogens with zero attached hydrogens (tertiary/aromatic N) is 3. The lowest BCUT2D eigenvalue weighted by molar-refractivity contribution is 0.133. The molecule has 3 heterocycles. The molecule has 0 radical (unpaired) electrons. The number of para-hydroxylation sites is 1. The molecule has 4 nitrogen and oxygen atoms in total. The summed E-state index contributed by atoms with van der Waals surface area (Å²) in [5.41, 5.74) is 0. The van der Waals surface area contributed by atoms with Gasteiger partial charge in [0, 0.05) is 31.9 Å². The van der Waals surface area contributed by atoms with Crippen molar-refractivity contribution < 1.29 is 4.74 Å². The van der Waals surface area contributed by atoms with Crippen LogP contribution in [0.3, 0.4) is 0 Å². The summed E-state index contributed by atoms with van der Waals surface area (Å²) in [6, 6.07) is 16.6. The van der Waals surface area contributed by atoms with E-state index in [9.17, 15) is 0 Å². The van der Waals surface area contributed by atoms with Crippen molar-refractivity contribution in [3.05, 3.63) is 54.7 Å². The highest BCUT2D eigenvalue weighted by atomic mass is 16.5. The Morgan fingerprint density at radius 3 is 2.50 bits per heavy atom. The summed E-state index contributed by atoms with van der Waals surface area (Å²) in [6.45, 7) is 4.81. The summed E-state index contributed by atoms with van der Waals surface area (Å²) in [4.78, 5) is 9.54. The zero-order valence-electron chi connectivity index (χ0n) is 14.5. The van der Waals surface area contributed by atoms with Crippen molar-refractivity contribution in [2.45, 2.75) is 25.3 Å². The van der Waals surface area contributed by atoms with Crippen LogP contribution in [0.25, 0.3) is 0 Å². The molecule has 1 unspecified atom stereocenters. The lowest BCUT2D eigenvalue weighted by Gasteiger charge is -2.44. The first kappa shape index (κ1) is 16.8. The predicted octanol–water partition coefficient (Wildman–Crippen LogP) is 3.45. The van der Waals surface area contributed by atoms with Crippen LogP contribution in [0.1, 0.15) is 19.3 Å². The molecule has 1 aromatic heterocycles. The number of hydrogen-bond donors (Lipinski definition) is 0. The predicted molar refractivity (Wildman–Crippen MR) is 98.7 cm³/mol. The second-order valence-electron chi connectivity index (χ2n) is 6.34. The van der Waals surface area contributed by atoms with Crippen LogP contribution in [-0.2, 0) is 0 Å². The van der Waals surface area contributed by atoms with Gasteiger partial charge in [-0.15, -0.1) is 0 Å². The van der Waals surface area contributed by atoms with E-state index in [0.29, 0.717) is 0 Å². The fraction of sp³-hybridized carbons (Fsp3) is 0.450. The molecule has 2 aromatic rings. The third-order valence-electron chi connectivity index (χ3n) is 4.79. The molecule has 0 saturated carbocycles. The monoisotopic (exact) mass is 325 g/mol. The van der Waals surface area contributed by atoms with E-state index in [1.54, 1.807) is 7.11 Å². The number of pyridine rings is 1. The molecule has 2 aliphatic heterocycles. The van der Waals surface area contributed by atoms with Gasteiger partial charge in [0.15, 0.2) is 0 Å². The highest BCUT2D eigenvalue weighted by Crippen LogP contribution is 2.23. The molecule has 0 aliphatic carbocycles. The van der Waals surface area contributed by atoms with Gasteiger partial charge in [0.05, 0.1) is 7.11 Å². The van der Waals surface area contributed by atoms with E-state index in [-0.39, 0.29) is 0 Å². The maximum Gasteiger partial charge on any atom is 0.128 e. The van der Waals surface area contributed by atoms with Crippen LogP contribution in [-0.4, -0.2) is 49.2 Å². The van der Waals surface area contributed by atoms with E-state index in [1.807, 2.05) is 42.6 Å². The largest absolute Gasteiger partial charge is 0.497 e. The van der Waals surface area contributed by atoms with Crippen LogP contribution in [0.5, 0.6) is 5.75 Å². The first-order valence-corrected chi connectivity index (χ1v) is 8.86. The number of ether oxygens (including phenoxy) is 1. The number of benzene rings is 1. The van der Waals surface area contributed by atoms with Gasteiger partial charge < -0.3 is 9.64 Å². The normalized spacial score (nSPS) is 20.5. The zero-order chi connectivity index (χ0) is 16.6. The molecule has 4 rings (SSSR count). The Hall–Kier alpha value is -2.07. The molecule has 0 N–H and O–H groups in total. The van der Waals surface area contributed by atoms with E-state index in [4.69, 9.17) is 4.74 Å². The van der Waals surface area contributed by atoms with Crippen LogP contribution in [0.4, 0.5) is 5.82 Å². The van der Waals surface area contributed by atoms with Gasteiger partial charge in [-0.25, -0.2) is 4.98 Å². The van der Waals surface area contributed by atoms with E-state index in [0.717, 1.165) is 30.7 Å². The molecule has 1 aromatic carbocycles. The topological polar surface area (TPSA) is 28.6 Å². The Labute approximate surface area is 145 Å². The number of piperidine rings is 1. The van der Waals surface area contributed by atoms with Crippen molar-refractivity contribution in [3.63, 3.8) is 0 Å². The maximum atomic E-state index is 4.91. The van der Waals surface area contributed by atoms with Gasteiger partial charge in [-0.2, -0.15) is 0 Å². The Balaban J connectivity index is 0.000000179. The van der Waals surface area contributed by atoms with E-state index in [2.05, 4.69) is 26.9 Å². The minimum Gasteiger partial charge on any atom is -0.497 e. The summed E-state index contributed by atoms with van der Waals surface area (Å²) in [5, 5.41) is 0. The van der Waals surface area contributed by atoms with Crippen molar-refractivity contribution >= 4 is 5.82 Å². The summed E-state index contributed by atoms with van der Waals surface area (Å²) in [5.74, 6) is 2.06. The molecule has 2 saturated heterocycles. The highest BCUT2D eigenvalue weighted by Gasteiger charge is 2.29. The van der Waals surface area contributed by atoms with Crippen molar-refractivity contribution in [2.24, 2.45) is 0 Å². The standard InChI is InChI=1S/C13H19N3.C7H8O/c1-3-7-14-13(6-1)16-10-9-15-8-4-2-5-12(15)11-16;1-8-7-5-3-2-4-6-7/h1,3,6-7,12H,2,4-5,8-11H2;2-6H,1H3. The average Bonchev–Trinajstić information content (AvgIpc) is 2.69. The second kappa shape index (κ2) is 8.69. The zero-order valence-corrected chi connectivity index (χ0v) is 14.5. The lowest BCUT2D eigenvalue weighted by Crippen LogP contribution is -2.55. The van der Waals surface area contributed by atoms with Crippen molar-refractivity contribution in [3.8, 4) is 5.75 Å².